The molecule has 2 N–H and O–H groups in total. The Labute approximate surface area is 863 Å². The van der Waals surface area contributed by atoms with E-state index in [0.29, 0.717) is 54.6 Å². The summed E-state index contributed by atoms with van der Waals surface area (Å²) in [4.78, 5) is 93.4. The second-order valence-electron chi connectivity index (χ2n) is 36.0. The summed E-state index contributed by atoms with van der Waals surface area (Å²) in [6, 6.07) is 111. The Balaban J connectivity index is 0.000000128. The van der Waals surface area contributed by atoms with Gasteiger partial charge >= 0.3 is 63.2 Å². The van der Waals surface area contributed by atoms with Gasteiger partial charge in [0.1, 0.15) is 11.5 Å². The van der Waals surface area contributed by atoms with Gasteiger partial charge in [-0.05, 0) is 82.2 Å². The number of aromatic nitrogens is 14. The quantitative estimate of drug-likeness (QED) is 0.106. The molecule has 0 saturated heterocycles. The van der Waals surface area contributed by atoms with E-state index in [1.807, 2.05) is 267 Å². The minimum absolute atomic E-state index is 0. The van der Waals surface area contributed by atoms with Gasteiger partial charge < -0.3 is 29.8 Å². The number of phenolic OH excluding ortho intramolecular Hbond substituents is 2. The van der Waals surface area contributed by atoms with Crippen molar-refractivity contribution in [2.45, 2.75) is 77.0 Å². The SMILES string of the molecule is CC1(C)c2[c-]c(ccc2)-c2cncc(n2)C(C)(C)c2[c-]c(ccc2)-c2cncc1n2.CC1(C)c2[c-]c(ccc2)-c2cncc(n2)C(C)(C)c2[c-]c(ccc2)-c2cncc1n2.O=c1[n-]c2ccccc2c2ccc3ccc4ccc(nc4c3n2)c2ccccc2[n-]c(=O)c2ccccc12.Oc1c2cccc1c1cccc(n1)c1cccc(c1)c1cccc(c1O)c1cccc(n1)c1cccc2c1.[Pt+2].[Pt+2].[Pt+2].[Pt]. The van der Waals surface area contributed by atoms with Crippen LogP contribution in [0.15, 0.2) is 362 Å². The van der Waals surface area contributed by atoms with Crippen LogP contribution in [-0.2, 0) is 106 Å². The summed E-state index contributed by atoms with van der Waals surface area (Å²) in [6.45, 7) is 17.2. The maximum Gasteiger partial charge on any atom is 2.00 e. The second kappa shape index (κ2) is 40.1. The number of benzene rings is 12. The van der Waals surface area contributed by atoms with Crippen molar-refractivity contribution < 1.29 is 94.5 Å². The summed E-state index contributed by atoms with van der Waals surface area (Å²) in [5.41, 5.74) is 18.8. The van der Waals surface area contributed by atoms with E-state index in [1.54, 1.807) is 61.2 Å². The van der Waals surface area contributed by atoms with E-state index in [0.717, 1.165) is 155 Å². The van der Waals surface area contributed by atoms with Crippen LogP contribution in [0.2, 0.25) is 0 Å². The van der Waals surface area contributed by atoms with Crippen LogP contribution in [0.1, 0.15) is 100 Å². The number of para-hydroxylation sites is 4. The molecule has 22 heteroatoms. The van der Waals surface area contributed by atoms with Crippen molar-refractivity contribution in [1.82, 2.24) is 69.8 Å². The topological polar surface area (TPSA) is 257 Å². The van der Waals surface area contributed by atoms with Gasteiger partial charge in [-0.25, -0.2) is 19.9 Å². The number of aromatic hydroxyl groups is 2. The standard InChI is InChI=1S/C34H22N2O2.C32H20N4O2.2C26H22N4.4Pt/c37-33-25-11-3-13-27(33)32-18-6-16-30(36-32)24-10-2-8-22(20-24)26-12-4-14-28(34(26)38)31-17-5-15-29(35-31)23-9-1-7-21(25)19-23;37-31-21-7-1-2-8-22(21)32(38)36-26-12-6-4-10-24(26)28-18-16-20-14-13-19-15-17-27(33-29(19)30(20)34-28)23-9-3-5-11-25(23)35-31;2*1-25(2)19-9-5-7-17(11-19)22-14-28-16-24(30-22)26(3,4)20-10-6-8-18(12-20)21-13-27-15-23(25)29-21;;;;/h1-20,37-38H;1-18H,(H2,33,34,35,36,37,38);2*5-10,13-16H,1-4H3;;;;/q;;2*-2;;3*+2/p-2. The molecule has 2 aliphatic heterocycles. The maximum atomic E-state index is 13.4. The van der Waals surface area contributed by atoms with E-state index < -0.39 is 11.1 Å². The summed E-state index contributed by atoms with van der Waals surface area (Å²) in [5.74, 6) is 0.372. The molecular weight excluding hydrogens is 2460 g/mol. The van der Waals surface area contributed by atoms with Crippen molar-refractivity contribution in [3.63, 3.8) is 0 Å². The first kappa shape index (κ1) is 97.0. The van der Waals surface area contributed by atoms with E-state index in [1.165, 1.54) is 0 Å². The number of hydrogen-bond acceptors (Lipinski definition) is 16. The van der Waals surface area contributed by atoms with E-state index in [-0.39, 0.29) is 128 Å². The Morgan fingerprint density at radius 2 is 0.507 bits per heavy atom. The molecule has 0 amide bonds. The molecule has 0 unspecified atom stereocenters. The summed E-state index contributed by atoms with van der Waals surface area (Å²) in [6.07, 6.45) is 14.6. The van der Waals surface area contributed by atoms with Gasteiger partial charge in [-0.1, -0.05) is 225 Å². The molecule has 0 saturated carbocycles. The van der Waals surface area contributed by atoms with E-state index in [9.17, 15) is 19.8 Å². The van der Waals surface area contributed by atoms with Crippen LogP contribution in [0.25, 0.3) is 176 Å². The van der Waals surface area contributed by atoms with Crippen LogP contribution in [0.4, 0.5) is 0 Å². The third kappa shape index (κ3) is 18.8. The zero-order chi connectivity index (χ0) is 93.1. The smallest absolute Gasteiger partial charge is 0.622 e. The monoisotopic (exact) mass is 2540 g/mol. The number of hydrogen-bond donors (Lipinski definition) is 2. The molecule has 32 bridgehead atoms. The van der Waals surface area contributed by atoms with Gasteiger partial charge in [-0.15, -0.1) is 153 Å². The number of fused-ring (bicyclic) bond motifs is 45. The summed E-state index contributed by atoms with van der Waals surface area (Å²) in [5, 5.41) is 32.8. The summed E-state index contributed by atoms with van der Waals surface area (Å²) < 4.78 is 0. The molecule has 0 fully saturated rings. The maximum absolute atomic E-state index is 13.4. The molecule has 140 heavy (non-hydrogen) atoms. The van der Waals surface area contributed by atoms with Gasteiger partial charge in [0.05, 0.1) is 78.0 Å². The molecule has 0 radical (unpaired) electrons. The first-order valence-corrected chi connectivity index (χ1v) is 44.8. The van der Waals surface area contributed by atoms with Gasteiger partial charge in [0.2, 0.25) is 0 Å². The summed E-state index contributed by atoms with van der Waals surface area (Å²) >= 11 is 0. The van der Waals surface area contributed by atoms with Crippen LogP contribution >= 0.6 is 0 Å². The van der Waals surface area contributed by atoms with Gasteiger partial charge in [-0.3, -0.25) is 39.9 Å². The van der Waals surface area contributed by atoms with Crippen LogP contribution in [-0.4, -0.2) is 70.0 Å². The second-order valence-corrected chi connectivity index (χ2v) is 36.0. The van der Waals surface area contributed by atoms with Crippen molar-refractivity contribution in [2.75, 3.05) is 0 Å². The molecule has 12 aromatic carbocycles. The van der Waals surface area contributed by atoms with Crippen LogP contribution in [0.3, 0.4) is 0 Å². The number of phenols is 2. The average Bonchev–Trinajstić information content (AvgIpc) is 0.785. The predicted molar refractivity (Wildman–Crippen MR) is 543 cm³/mol. The molecule has 690 valence electrons. The Bertz CT molecular complexity index is 8000. The van der Waals surface area contributed by atoms with Gasteiger partial charge in [0.15, 0.2) is 0 Å². The van der Waals surface area contributed by atoms with Crippen molar-refractivity contribution in [3.8, 4) is 56.5 Å². The predicted octanol–water partition coefficient (Wildman–Crippen LogP) is 24.5. The largest absolute Gasteiger partial charge is 2.00 e. The number of nitrogens with zero attached hydrogens (tertiary/aromatic N) is 14. The third-order valence-electron chi connectivity index (χ3n) is 25.8. The van der Waals surface area contributed by atoms with Crippen LogP contribution < -0.4 is 21.1 Å². The van der Waals surface area contributed by atoms with E-state index in [4.69, 9.17) is 39.9 Å². The van der Waals surface area contributed by atoms with E-state index in [2.05, 4.69) is 134 Å². The summed E-state index contributed by atoms with van der Waals surface area (Å²) in [7, 11) is 0. The molecule has 10 aromatic heterocycles. The van der Waals surface area contributed by atoms with Gasteiger partial charge in [0, 0.05) is 169 Å². The molecule has 0 atom stereocenters. The van der Waals surface area contributed by atoms with E-state index >= 15 is 0 Å². The van der Waals surface area contributed by atoms with Gasteiger partial charge in [0.25, 0.3) is 0 Å². The normalized spacial score (nSPS) is 13.0. The first-order chi connectivity index (χ1) is 66.0. The molecular formula is C118H84N14O4Pt4. The molecule has 0 spiro atoms. The molecule has 22 aromatic rings. The Morgan fingerprint density at radius 3 is 0.850 bits per heavy atom. The third-order valence-corrected chi connectivity index (χ3v) is 25.8. The van der Waals surface area contributed by atoms with Crippen LogP contribution in [0, 0.1) is 24.3 Å². The van der Waals surface area contributed by atoms with Crippen molar-refractivity contribution in [1.29, 1.82) is 0 Å². The zero-order valence-corrected chi connectivity index (χ0v) is 85.8. The van der Waals surface area contributed by atoms with Crippen molar-refractivity contribution in [3.05, 3.63) is 443 Å². The Kier molecular flexibility index (Phi) is 27.8. The fourth-order valence-corrected chi connectivity index (χ4v) is 17.7. The first-order valence-electron chi connectivity index (χ1n) is 44.8. The fraction of sp³-hybridized carbons (Fsp3) is 0.102. The Hall–Kier alpha value is -14.6. The number of pyridine rings is 4. The zero-order valence-electron chi connectivity index (χ0n) is 76.7. The minimum atomic E-state index is -0.521. The number of rotatable bonds is 0. The Morgan fingerprint density at radius 1 is 0.243 bits per heavy atom. The average molecular weight is 2540 g/mol. The fourth-order valence-electron chi connectivity index (χ4n) is 17.7. The van der Waals surface area contributed by atoms with Gasteiger partial charge in [-0.2, -0.15) is 0 Å². The minimum Gasteiger partial charge on any atom is -0.622 e. The molecule has 18 nitrogen and oxygen atoms in total. The molecule has 2 aliphatic rings. The molecule has 0 aliphatic carbocycles. The molecule has 24 rings (SSSR count). The molecule has 12 heterocycles. The van der Waals surface area contributed by atoms with Crippen molar-refractivity contribution >= 4 is 131 Å². The van der Waals surface area contributed by atoms with Crippen molar-refractivity contribution in [2.24, 2.45) is 0 Å². The van der Waals surface area contributed by atoms with Crippen LogP contribution in [0.5, 0.6) is 11.5 Å².